The standard InChI is InChI=1S/C10H17N2O2P/c11-7-3-1-5-9-15(13,14)10-6-2-4-8-12/h1-6,9-10H2,(H,13,14). The molecule has 0 aliphatic rings. The molecular formula is C10H17N2O2P. The summed E-state index contributed by atoms with van der Waals surface area (Å²) >= 11 is 0. The van der Waals surface area contributed by atoms with E-state index in [9.17, 15) is 9.46 Å². The van der Waals surface area contributed by atoms with Gasteiger partial charge in [-0.15, -0.1) is 0 Å². The third-order valence-electron chi connectivity index (χ3n) is 2.09. The van der Waals surface area contributed by atoms with Crippen LogP contribution in [0.25, 0.3) is 0 Å². The van der Waals surface area contributed by atoms with Gasteiger partial charge in [-0.25, -0.2) is 0 Å². The first kappa shape index (κ1) is 14.2. The second-order valence-electron chi connectivity index (χ2n) is 3.52. The van der Waals surface area contributed by atoms with Crippen LogP contribution in [0, 0.1) is 22.7 Å². The van der Waals surface area contributed by atoms with Gasteiger partial charge < -0.3 is 4.89 Å². The molecule has 15 heavy (non-hydrogen) atoms. The maximum absolute atomic E-state index is 11.5. The molecule has 0 unspecified atom stereocenters. The molecular weight excluding hydrogens is 211 g/mol. The lowest BCUT2D eigenvalue weighted by atomic mass is 10.3. The first-order valence-electron chi connectivity index (χ1n) is 5.17. The van der Waals surface area contributed by atoms with Crippen LogP contribution in [0.15, 0.2) is 0 Å². The van der Waals surface area contributed by atoms with Gasteiger partial charge in [-0.3, -0.25) is 4.57 Å². The van der Waals surface area contributed by atoms with E-state index in [0.717, 1.165) is 0 Å². The fourth-order valence-corrected chi connectivity index (χ4v) is 2.90. The molecule has 0 heterocycles. The average molecular weight is 228 g/mol. The molecule has 0 aliphatic heterocycles. The highest BCUT2D eigenvalue weighted by Crippen LogP contribution is 2.42. The summed E-state index contributed by atoms with van der Waals surface area (Å²) in [6.45, 7) is 0. The molecule has 0 aromatic heterocycles. The van der Waals surface area contributed by atoms with Gasteiger partial charge in [0.15, 0.2) is 0 Å². The van der Waals surface area contributed by atoms with Crippen molar-refractivity contribution in [3.05, 3.63) is 0 Å². The highest BCUT2D eigenvalue weighted by Gasteiger charge is 2.16. The first-order valence-corrected chi connectivity index (χ1v) is 7.20. The minimum absolute atomic E-state index is 0.307. The van der Waals surface area contributed by atoms with E-state index in [-0.39, 0.29) is 0 Å². The van der Waals surface area contributed by atoms with E-state index in [1.54, 1.807) is 0 Å². The van der Waals surface area contributed by atoms with Crippen LogP contribution < -0.4 is 0 Å². The van der Waals surface area contributed by atoms with Crippen LogP contribution in [0.4, 0.5) is 0 Å². The Morgan fingerprint density at radius 2 is 1.33 bits per heavy atom. The van der Waals surface area contributed by atoms with Crippen LogP contribution in [-0.2, 0) is 4.57 Å². The molecule has 0 aliphatic carbocycles. The average Bonchev–Trinajstić information content (AvgIpc) is 2.20. The minimum atomic E-state index is -2.99. The fraction of sp³-hybridized carbons (Fsp3) is 0.800. The summed E-state index contributed by atoms with van der Waals surface area (Å²) in [5.41, 5.74) is 0. The van der Waals surface area contributed by atoms with E-state index in [0.29, 0.717) is 50.8 Å². The Labute approximate surface area is 91.0 Å². The SMILES string of the molecule is N#CCCCCP(=O)(O)CCCCC#N. The minimum Gasteiger partial charge on any atom is -0.344 e. The number of hydrogen-bond acceptors (Lipinski definition) is 3. The normalized spacial score (nSPS) is 10.6. The van der Waals surface area contributed by atoms with Crippen LogP contribution >= 0.6 is 7.37 Å². The lowest BCUT2D eigenvalue weighted by Gasteiger charge is -2.09. The van der Waals surface area contributed by atoms with E-state index in [1.165, 1.54) is 0 Å². The summed E-state index contributed by atoms with van der Waals surface area (Å²) in [5.74, 6) is 0. The molecule has 0 saturated carbocycles. The van der Waals surface area contributed by atoms with E-state index in [1.807, 2.05) is 12.1 Å². The molecule has 0 rings (SSSR count). The van der Waals surface area contributed by atoms with Gasteiger partial charge in [0.05, 0.1) is 12.1 Å². The van der Waals surface area contributed by atoms with Crippen molar-refractivity contribution in [3.8, 4) is 12.1 Å². The lowest BCUT2D eigenvalue weighted by molar-refractivity contribution is 0.472. The fourth-order valence-electron chi connectivity index (χ4n) is 1.24. The first-order chi connectivity index (χ1) is 7.12. The maximum atomic E-state index is 11.5. The molecule has 0 aromatic rings. The van der Waals surface area contributed by atoms with Crippen LogP contribution in [0.1, 0.15) is 38.5 Å². The third kappa shape index (κ3) is 9.47. The zero-order chi connectivity index (χ0) is 11.6. The summed E-state index contributed by atoms with van der Waals surface area (Å²) in [4.78, 5) is 9.50. The molecule has 0 aromatic carbocycles. The molecule has 0 fully saturated rings. The second-order valence-corrected chi connectivity index (χ2v) is 6.11. The van der Waals surface area contributed by atoms with E-state index in [4.69, 9.17) is 10.5 Å². The van der Waals surface area contributed by atoms with Crippen molar-refractivity contribution in [1.29, 1.82) is 10.5 Å². The molecule has 1 N–H and O–H groups in total. The molecule has 5 heteroatoms. The Bertz CT molecular complexity index is 265. The predicted molar refractivity (Wildman–Crippen MR) is 58.5 cm³/mol. The zero-order valence-corrected chi connectivity index (χ0v) is 9.75. The Morgan fingerprint density at radius 1 is 0.933 bits per heavy atom. The van der Waals surface area contributed by atoms with Gasteiger partial charge >= 0.3 is 0 Å². The molecule has 0 saturated heterocycles. The van der Waals surface area contributed by atoms with Crippen molar-refractivity contribution >= 4 is 7.37 Å². The summed E-state index contributed by atoms with van der Waals surface area (Å²) in [7, 11) is -2.99. The molecule has 0 spiro atoms. The van der Waals surface area contributed by atoms with Gasteiger partial charge in [0.25, 0.3) is 0 Å². The highest BCUT2D eigenvalue weighted by molar-refractivity contribution is 7.57. The van der Waals surface area contributed by atoms with Crippen LogP contribution in [0.3, 0.4) is 0 Å². The Kier molecular flexibility index (Phi) is 8.01. The molecule has 4 nitrogen and oxygen atoms in total. The summed E-state index contributed by atoms with van der Waals surface area (Å²) in [6.07, 6.45) is 4.18. The van der Waals surface area contributed by atoms with Gasteiger partial charge in [-0.05, 0) is 25.7 Å². The molecule has 0 bridgehead atoms. The largest absolute Gasteiger partial charge is 0.344 e. The van der Waals surface area contributed by atoms with Gasteiger partial charge in [-0.1, -0.05) is 0 Å². The van der Waals surface area contributed by atoms with Crippen molar-refractivity contribution in [2.45, 2.75) is 38.5 Å². The van der Waals surface area contributed by atoms with Crippen molar-refractivity contribution < 1.29 is 9.46 Å². The van der Waals surface area contributed by atoms with Crippen LogP contribution in [0.2, 0.25) is 0 Å². The maximum Gasteiger partial charge on any atom is 0.200 e. The molecule has 84 valence electrons. The van der Waals surface area contributed by atoms with Crippen molar-refractivity contribution in [2.24, 2.45) is 0 Å². The number of unbranched alkanes of at least 4 members (excludes halogenated alkanes) is 4. The lowest BCUT2D eigenvalue weighted by Crippen LogP contribution is -1.95. The Balaban J connectivity index is 3.55. The van der Waals surface area contributed by atoms with Crippen LogP contribution in [-0.4, -0.2) is 17.2 Å². The molecule has 0 atom stereocenters. The Hall–Kier alpha value is -0.830. The van der Waals surface area contributed by atoms with Crippen molar-refractivity contribution in [1.82, 2.24) is 0 Å². The Morgan fingerprint density at radius 3 is 1.67 bits per heavy atom. The zero-order valence-electron chi connectivity index (χ0n) is 8.85. The molecule has 0 amide bonds. The predicted octanol–water partition coefficient (Wildman–Crippen LogP) is 2.64. The van der Waals surface area contributed by atoms with Gasteiger partial charge in [0.1, 0.15) is 0 Å². The second kappa shape index (κ2) is 8.48. The summed E-state index contributed by atoms with van der Waals surface area (Å²) < 4.78 is 11.5. The van der Waals surface area contributed by atoms with Gasteiger partial charge in [0.2, 0.25) is 7.37 Å². The summed E-state index contributed by atoms with van der Waals surface area (Å²) in [6, 6.07) is 4.01. The van der Waals surface area contributed by atoms with Gasteiger partial charge in [0, 0.05) is 25.2 Å². The smallest absolute Gasteiger partial charge is 0.200 e. The van der Waals surface area contributed by atoms with E-state index in [2.05, 4.69) is 0 Å². The van der Waals surface area contributed by atoms with E-state index >= 15 is 0 Å². The monoisotopic (exact) mass is 228 g/mol. The van der Waals surface area contributed by atoms with E-state index < -0.39 is 7.37 Å². The number of nitriles is 2. The third-order valence-corrected chi connectivity index (χ3v) is 4.12. The van der Waals surface area contributed by atoms with Crippen molar-refractivity contribution in [2.75, 3.05) is 12.3 Å². The summed E-state index contributed by atoms with van der Waals surface area (Å²) in [5, 5.41) is 16.6. The van der Waals surface area contributed by atoms with Crippen molar-refractivity contribution in [3.63, 3.8) is 0 Å². The topological polar surface area (TPSA) is 84.9 Å². The molecule has 0 radical (unpaired) electrons. The number of nitrogens with zero attached hydrogens (tertiary/aromatic N) is 2. The van der Waals surface area contributed by atoms with Crippen LogP contribution in [0.5, 0.6) is 0 Å². The number of rotatable bonds is 8. The quantitative estimate of drug-likeness (QED) is 0.511. The highest BCUT2D eigenvalue weighted by atomic mass is 31.2. The number of hydrogen-bond donors (Lipinski definition) is 1. The van der Waals surface area contributed by atoms with Gasteiger partial charge in [-0.2, -0.15) is 10.5 Å².